The maximum Gasteiger partial charge on any atom is 0.0774 e. The molecule has 2 aliphatic rings. The maximum absolute atomic E-state index is 10.2. The van der Waals surface area contributed by atoms with Crippen molar-refractivity contribution < 1.29 is 5.11 Å². The first-order valence-corrected chi connectivity index (χ1v) is 5.80. The lowest BCUT2D eigenvalue weighted by Crippen LogP contribution is -2.46. The lowest BCUT2D eigenvalue weighted by Gasteiger charge is -2.33. The Labute approximate surface area is 86.3 Å². The van der Waals surface area contributed by atoms with Crippen molar-refractivity contribution in [3.8, 4) is 0 Å². The van der Waals surface area contributed by atoms with Gasteiger partial charge in [-0.3, -0.25) is 4.90 Å². The molecule has 3 N–H and O–H groups in total. The van der Waals surface area contributed by atoms with Crippen molar-refractivity contribution in [1.29, 1.82) is 0 Å². The fraction of sp³-hybridized carbons (Fsp3) is 1.00. The molecule has 0 bridgehead atoms. The molecule has 1 saturated heterocycles. The minimum absolute atomic E-state index is 0.388. The molecule has 2 rings (SSSR count). The molecule has 1 heterocycles. The lowest BCUT2D eigenvalue weighted by molar-refractivity contribution is -0.00601. The molecule has 82 valence electrons. The topological polar surface area (TPSA) is 49.5 Å². The number of likely N-dealkylation sites (tertiary alicyclic amines) is 1. The van der Waals surface area contributed by atoms with Crippen LogP contribution in [0.4, 0.5) is 0 Å². The Bertz CT molecular complexity index is 205. The van der Waals surface area contributed by atoms with E-state index in [1.807, 2.05) is 6.92 Å². The summed E-state index contributed by atoms with van der Waals surface area (Å²) in [6.07, 6.45) is 4.50. The molecule has 0 aromatic heterocycles. The van der Waals surface area contributed by atoms with Gasteiger partial charge in [-0.05, 0) is 51.6 Å². The van der Waals surface area contributed by atoms with E-state index in [1.165, 1.54) is 12.8 Å². The van der Waals surface area contributed by atoms with Crippen LogP contribution in [0.2, 0.25) is 0 Å². The van der Waals surface area contributed by atoms with Crippen LogP contribution < -0.4 is 5.73 Å². The average Bonchev–Trinajstić information content (AvgIpc) is 2.70. The van der Waals surface area contributed by atoms with Crippen LogP contribution in [-0.4, -0.2) is 41.3 Å². The van der Waals surface area contributed by atoms with E-state index in [4.69, 9.17) is 5.73 Å². The molecule has 0 spiro atoms. The Hall–Kier alpha value is -0.120. The number of nitrogens with zero attached hydrogens (tertiary/aromatic N) is 1. The maximum atomic E-state index is 10.2. The third-order valence-corrected chi connectivity index (χ3v) is 3.97. The van der Waals surface area contributed by atoms with E-state index in [0.29, 0.717) is 12.0 Å². The van der Waals surface area contributed by atoms with Crippen molar-refractivity contribution in [3.05, 3.63) is 0 Å². The van der Waals surface area contributed by atoms with Gasteiger partial charge in [-0.2, -0.15) is 0 Å². The Morgan fingerprint density at radius 1 is 1.50 bits per heavy atom. The molecule has 14 heavy (non-hydrogen) atoms. The Kier molecular flexibility index (Phi) is 2.82. The van der Waals surface area contributed by atoms with Crippen molar-refractivity contribution in [2.24, 2.45) is 11.7 Å². The van der Waals surface area contributed by atoms with E-state index in [0.717, 1.165) is 32.5 Å². The fourth-order valence-corrected chi connectivity index (χ4v) is 3.04. The fourth-order valence-electron chi connectivity index (χ4n) is 3.04. The van der Waals surface area contributed by atoms with E-state index in [-0.39, 0.29) is 0 Å². The summed E-state index contributed by atoms with van der Waals surface area (Å²) in [5, 5.41) is 10.2. The van der Waals surface area contributed by atoms with Gasteiger partial charge in [0.2, 0.25) is 0 Å². The van der Waals surface area contributed by atoms with Crippen LogP contribution in [-0.2, 0) is 0 Å². The second-order valence-corrected chi connectivity index (χ2v) is 5.15. The highest BCUT2D eigenvalue weighted by Gasteiger charge is 2.42. The summed E-state index contributed by atoms with van der Waals surface area (Å²) >= 11 is 0. The summed E-state index contributed by atoms with van der Waals surface area (Å²) in [5.74, 6) is 0.659. The molecular weight excluding hydrogens is 176 g/mol. The van der Waals surface area contributed by atoms with E-state index < -0.39 is 5.60 Å². The standard InChI is InChI=1S/C11H22N2O/c1-11(14)5-2-3-10(11)13-6-4-9(7-12)8-13/h9-10,14H,2-8,12H2,1H3. The molecule has 3 heteroatoms. The quantitative estimate of drug-likeness (QED) is 0.682. The molecule has 3 atom stereocenters. The predicted octanol–water partition coefficient (Wildman–Crippen LogP) is 0.570. The average molecular weight is 198 g/mol. The van der Waals surface area contributed by atoms with Gasteiger partial charge in [0.1, 0.15) is 0 Å². The van der Waals surface area contributed by atoms with Crippen LogP contribution in [0.25, 0.3) is 0 Å². The molecule has 1 aliphatic heterocycles. The monoisotopic (exact) mass is 198 g/mol. The first kappa shape index (κ1) is 10.4. The second kappa shape index (κ2) is 3.80. The molecular formula is C11H22N2O. The van der Waals surface area contributed by atoms with Crippen LogP contribution in [0.5, 0.6) is 0 Å². The molecule has 0 aromatic carbocycles. The van der Waals surface area contributed by atoms with Gasteiger partial charge in [0.25, 0.3) is 0 Å². The summed E-state index contributed by atoms with van der Waals surface area (Å²) in [4.78, 5) is 2.45. The van der Waals surface area contributed by atoms with Crippen LogP contribution in [0.1, 0.15) is 32.6 Å². The smallest absolute Gasteiger partial charge is 0.0774 e. The Balaban J connectivity index is 1.96. The minimum Gasteiger partial charge on any atom is -0.389 e. The zero-order chi connectivity index (χ0) is 10.2. The molecule has 2 fully saturated rings. The summed E-state index contributed by atoms with van der Waals surface area (Å²) in [7, 11) is 0. The van der Waals surface area contributed by atoms with Gasteiger partial charge in [-0.1, -0.05) is 0 Å². The van der Waals surface area contributed by atoms with Gasteiger partial charge >= 0.3 is 0 Å². The van der Waals surface area contributed by atoms with Crippen molar-refractivity contribution >= 4 is 0 Å². The van der Waals surface area contributed by atoms with Crippen LogP contribution in [0, 0.1) is 5.92 Å². The van der Waals surface area contributed by atoms with E-state index in [1.54, 1.807) is 0 Å². The van der Waals surface area contributed by atoms with Crippen molar-refractivity contribution in [1.82, 2.24) is 4.90 Å². The van der Waals surface area contributed by atoms with E-state index >= 15 is 0 Å². The van der Waals surface area contributed by atoms with E-state index in [2.05, 4.69) is 4.90 Å². The Morgan fingerprint density at radius 2 is 2.29 bits per heavy atom. The highest BCUT2D eigenvalue weighted by atomic mass is 16.3. The number of aliphatic hydroxyl groups is 1. The predicted molar refractivity (Wildman–Crippen MR) is 57.0 cm³/mol. The van der Waals surface area contributed by atoms with Gasteiger partial charge in [0.05, 0.1) is 5.60 Å². The number of hydrogen-bond donors (Lipinski definition) is 2. The molecule has 1 saturated carbocycles. The third-order valence-electron chi connectivity index (χ3n) is 3.97. The minimum atomic E-state index is -0.455. The highest BCUT2D eigenvalue weighted by Crippen LogP contribution is 2.35. The summed E-state index contributed by atoms with van der Waals surface area (Å²) < 4.78 is 0. The SMILES string of the molecule is CC1(O)CCCC1N1CCC(CN)C1. The molecule has 1 aliphatic carbocycles. The van der Waals surface area contributed by atoms with Crippen LogP contribution >= 0.6 is 0 Å². The molecule has 0 amide bonds. The first-order valence-electron chi connectivity index (χ1n) is 5.80. The normalized spacial score (nSPS) is 44.8. The summed E-state index contributed by atoms with van der Waals surface area (Å²) in [6.45, 7) is 5.01. The van der Waals surface area contributed by atoms with Crippen LogP contribution in [0.3, 0.4) is 0 Å². The zero-order valence-corrected chi connectivity index (χ0v) is 9.08. The summed E-state index contributed by atoms with van der Waals surface area (Å²) in [5.41, 5.74) is 5.22. The van der Waals surface area contributed by atoms with Gasteiger partial charge in [0, 0.05) is 12.6 Å². The second-order valence-electron chi connectivity index (χ2n) is 5.15. The summed E-state index contributed by atoms with van der Waals surface area (Å²) in [6, 6.07) is 0.388. The largest absolute Gasteiger partial charge is 0.389 e. The van der Waals surface area contributed by atoms with Gasteiger partial charge in [-0.15, -0.1) is 0 Å². The van der Waals surface area contributed by atoms with Crippen LogP contribution in [0.15, 0.2) is 0 Å². The number of nitrogens with two attached hydrogens (primary N) is 1. The first-order chi connectivity index (χ1) is 6.63. The van der Waals surface area contributed by atoms with Crippen molar-refractivity contribution in [2.75, 3.05) is 19.6 Å². The third kappa shape index (κ3) is 1.81. The molecule has 0 aromatic rings. The lowest BCUT2D eigenvalue weighted by atomic mass is 9.99. The Morgan fingerprint density at radius 3 is 2.79 bits per heavy atom. The van der Waals surface area contributed by atoms with Crippen molar-refractivity contribution in [2.45, 2.75) is 44.2 Å². The number of rotatable bonds is 2. The molecule has 3 unspecified atom stereocenters. The zero-order valence-electron chi connectivity index (χ0n) is 9.08. The number of hydrogen-bond acceptors (Lipinski definition) is 3. The van der Waals surface area contributed by atoms with Gasteiger partial charge in [-0.25, -0.2) is 0 Å². The molecule has 3 nitrogen and oxygen atoms in total. The van der Waals surface area contributed by atoms with Gasteiger partial charge in [0.15, 0.2) is 0 Å². The highest BCUT2D eigenvalue weighted by molar-refractivity contribution is 4.97. The molecule has 0 radical (unpaired) electrons. The van der Waals surface area contributed by atoms with E-state index in [9.17, 15) is 5.11 Å². The van der Waals surface area contributed by atoms with Gasteiger partial charge < -0.3 is 10.8 Å². The van der Waals surface area contributed by atoms with Crippen molar-refractivity contribution in [3.63, 3.8) is 0 Å².